The summed E-state index contributed by atoms with van der Waals surface area (Å²) in [6.45, 7) is 2.14. The van der Waals surface area contributed by atoms with E-state index in [-0.39, 0.29) is 5.91 Å². The van der Waals surface area contributed by atoms with Gasteiger partial charge in [0.2, 0.25) is 0 Å². The maximum Gasteiger partial charge on any atom is 0.258 e. The van der Waals surface area contributed by atoms with E-state index in [1.54, 1.807) is 25.4 Å². The summed E-state index contributed by atoms with van der Waals surface area (Å²) in [5.74, 6) is 0.446. The molecule has 0 bridgehead atoms. The van der Waals surface area contributed by atoms with E-state index in [4.69, 9.17) is 4.74 Å². The lowest BCUT2D eigenvalue weighted by Gasteiger charge is -2.06. The molecule has 0 unspecified atom stereocenters. The van der Waals surface area contributed by atoms with E-state index in [9.17, 15) is 4.79 Å². The van der Waals surface area contributed by atoms with Gasteiger partial charge < -0.3 is 10.1 Å². The van der Waals surface area contributed by atoms with Crippen LogP contribution in [0.3, 0.4) is 0 Å². The molecule has 1 aromatic rings. The van der Waals surface area contributed by atoms with Crippen molar-refractivity contribution in [3.8, 4) is 5.75 Å². The summed E-state index contributed by atoms with van der Waals surface area (Å²) >= 11 is 0. The molecule has 17 heavy (non-hydrogen) atoms. The van der Waals surface area contributed by atoms with Gasteiger partial charge in [-0.05, 0) is 18.6 Å². The maximum atomic E-state index is 11.8. The molecule has 0 saturated carbocycles. The Hall–Kier alpha value is -1.77. The summed E-state index contributed by atoms with van der Waals surface area (Å²) in [5, 5.41) is 2.73. The fourth-order valence-electron chi connectivity index (χ4n) is 1.45. The molecule has 1 aromatic carbocycles. The van der Waals surface area contributed by atoms with Gasteiger partial charge in [-0.3, -0.25) is 4.79 Å². The van der Waals surface area contributed by atoms with E-state index in [1.807, 2.05) is 18.2 Å². The van der Waals surface area contributed by atoms with Crippen molar-refractivity contribution in [1.29, 1.82) is 0 Å². The molecular formula is C14H19NO2. The summed E-state index contributed by atoms with van der Waals surface area (Å²) in [7, 11) is 1.56. The van der Waals surface area contributed by atoms with Crippen molar-refractivity contribution < 1.29 is 9.53 Å². The highest BCUT2D eigenvalue weighted by Gasteiger charge is 2.08. The smallest absolute Gasteiger partial charge is 0.258 e. The van der Waals surface area contributed by atoms with Crippen LogP contribution in [0.25, 0.3) is 0 Å². The van der Waals surface area contributed by atoms with E-state index in [0.717, 1.165) is 19.3 Å². The van der Waals surface area contributed by atoms with Crippen LogP contribution in [-0.2, 0) is 0 Å². The highest BCUT2D eigenvalue weighted by atomic mass is 16.5. The average Bonchev–Trinajstić information content (AvgIpc) is 2.38. The molecule has 0 saturated heterocycles. The second-order valence-corrected chi connectivity index (χ2v) is 3.72. The standard InChI is InChI=1S/C14H19NO2/c1-3-4-5-8-11-15-14(16)12-9-6-7-10-13(12)17-2/h6-11H,3-5H2,1-2H3,(H,15,16)/b11-8+. The van der Waals surface area contributed by atoms with Crippen LogP contribution in [0.2, 0.25) is 0 Å². The van der Waals surface area contributed by atoms with E-state index in [2.05, 4.69) is 12.2 Å². The topological polar surface area (TPSA) is 38.3 Å². The normalized spacial score (nSPS) is 10.5. The third-order valence-corrected chi connectivity index (χ3v) is 2.41. The number of hydrogen-bond donors (Lipinski definition) is 1. The molecule has 3 nitrogen and oxygen atoms in total. The van der Waals surface area contributed by atoms with Crippen LogP contribution >= 0.6 is 0 Å². The monoisotopic (exact) mass is 233 g/mol. The average molecular weight is 233 g/mol. The highest BCUT2D eigenvalue weighted by molar-refractivity contribution is 5.97. The van der Waals surface area contributed by atoms with Crippen LogP contribution in [0.4, 0.5) is 0 Å². The predicted octanol–water partition coefficient (Wildman–Crippen LogP) is 3.13. The molecule has 1 N–H and O–H groups in total. The first-order valence-corrected chi connectivity index (χ1v) is 5.88. The number of nitrogens with one attached hydrogen (secondary N) is 1. The summed E-state index contributed by atoms with van der Waals surface area (Å²) in [4.78, 5) is 11.8. The number of amides is 1. The third kappa shape index (κ3) is 4.31. The van der Waals surface area contributed by atoms with Crippen molar-refractivity contribution in [2.24, 2.45) is 0 Å². The molecule has 3 heteroatoms. The Bertz CT molecular complexity index is 386. The number of hydrogen-bond acceptors (Lipinski definition) is 2. The van der Waals surface area contributed by atoms with Gasteiger partial charge in [0.05, 0.1) is 12.7 Å². The van der Waals surface area contributed by atoms with Crippen LogP contribution in [0.1, 0.15) is 36.5 Å². The molecular weight excluding hydrogens is 214 g/mol. The zero-order valence-corrected chi connectivity index (χ0v) is 10.4. The van der Waals surface area contributed by atoms with Gasteiger partial charge in [-0.25, -0.2) is 0 Å². The van der Waals surface area contributed by atoms with Gasteiger partial charge in [-0.1, -0.05) is 38.0 Å². The molecule has 0 fully saturated rings. The summed E-state index contributed by atoms with van der Waals surface area (Å²) in [6.07, 6.45) is 6.95. The predicted molar refractivity (Wildman–Crippen MR) is 69.1 cm³/mol. The largest absolute Gasteiger partial charge is 0.496 e. The first-order valence-electron chi connectivity index (χ1n) is 5.88. The van der Waals surface area contributed by atoms with Crippen molar-refractivity contribution in [2.45, 2.75) is 26.2 Å². The van der Waals surface area contributed by atoms with Gasteiger partial charge in [0.1, 0.15) is 5.75 Å². The number of ether oxygens (including phenoxy) is 1. The number of carbonyl (C=O) groups is 1. The summed E-state index contributed by atoms with van der Waals surface area (Å²) in [5.41, 5.74) is 0.551. The minimum Gasteiger partial charge on any atom is -0.496 e. The number of allylic oxidation sites excluding steroid dienone is 1. The lowest BCUT2D eigenvalue weighted by Crippen LogP contribution is -2.17. The lowest BCUT2D eigenvalue weighted by atomic mass is 10.2. The fraction of sp³-hybridized carbons (Fsp3) is 0.357. The van der Waals surface area contributed by atoms with E-state index in [1.165, 1.54) is 0 Å². The second-order valence-electron chi connectivity index (χ2n) is 3.72. The van der Waals surface area contributed by atoms with Crippen molar-refractivity contribution >= 4 is 5.91 Å². The summed E-state index contributed by atoms with van der Waals surface area (Å²) in [6, 6.07) is 7.18. The molecule has 0 aromatic heterocycles. The molecule has 1 amide bonds. The van der Waals surface area contributed by atoms with Gasteiger partial charge in [-0.2, -0.15) is 0 Å². The third-order valence-electron chi connectivity index (χ3n) is 2.41. The molecule has 0 spiro atoms. The van der Waals surface area contributed by atoms with Crippen molar-refractivity contribution in [1.82, 2.24) is 5.32 Å². The van der Waals surface area contributed by atoms with Crippen LogP contribution in [-0.4, -0.2) is 13.0 Å². The number of benzene rings is 1. The summed E-state index contributed by atoms with van der Waals surface area (Å²) < 4.78 is 5.13. The maximum absolute atomic E-state index is 11.8. The van der Waals surface area contributed by atoms with Gasteiger partial charge in [-0.15, -0.1) is 0 Å². The van der Waals surface area contributed by atoms with E-state index < -0.39 is 0 Å². The van der Waals surface area contributed by atoms with Gasteiger partial charge in [0.25, 0.3) is 5.91 Å². The molecule has 0 heterocycles. The minimum absolute atomic E-state index is 0.143. The van der Waals surface area contributed by atoms with Crippen molar-refractivity contribution in [2.75, 3.05) is 7.11 Å². The fourth-order valence-corrected chi connectivity index (χ4v) is 1.45. The number of carbonyl (C=O) groups excluding carboxylic acids is 1. The van der Waals surface area contributed by atoms with Crippen LogP contribution < -0.4 is 10.1 Å². The number of rotatable bonds is 6. The van der Waals surface area contributed by atoms with Gasteiger partial charge in [0.15, 0.2) is 0 Å². The molecule has 0 aliphatic carbocycles. The van der Waals surface area contributed by atoms with E-state index in [0.29, 0.717) is 11.3 Å². The number of para-hydroxylation sites is 1. The number of unbranched alkanes of at least 4 members (excludes halogenated alkanes) is 2. The Balaban J connectivity index is 2.55. The first kappa shape index (κ1) is 13.3. The first-order chi connectivity index (χ1) is 8.29. The molecule has 0 atom stereocenters. The lowest BCUT2D eigenvalue weighted by molar-refractivity contribution is 0.0967. The van der Waals surface area contributed by atoms with Crippen LogP contribution in [0, 0.1) is 0 Å². The van der Waals surface area contributed by atoms with Crippen molar-refractivity contribution in [3.05, 3.63) is 42.1 Å². The molecule has 0 radical (unpaired) electrons. The minimum atomic E-state index is -0.143. The van der Waals surface area contributed by atoms with Gasteiger partial charge in [0, 0.05) is 6.20 Å². The number of methoxy groups -OCH3 is 1. The highest BCUT2D eigenvalue weighted by Crippen LogP contribution is 2.16. The molecule has 92 valence electrons. The molecule has 1 rings (SSSR count). The Morgan fingerprint density at radius 1 is 1.41 bits per heavy atom. The zero-order chi connectivity index (χ0) is 12.5. The van der Waals surface area contributed by atoms with Gasteiger partial charge >= 0.3 is 0 Å². The van der Waals surface area contributed by atoms with Crippen LogP contribution in [0.5, 0.6) is 5.75 Å². The molecule has 0 aliphatic heterocycles. The quantitative estimate of drug-likeness (QED) is 0.767. The molecule has 0 aliphatic rings. The second kappa shape index (κ2) is 7.49. The van der Waals surface area contributed by atoms with Crippen molar-refractivity contribution in [3.63, 3.8) is 0 Å². The Morgan fingerprint density at radius 3 is 2.88 bits per heavy atom. The zero-order valence-electron chi connectivity index (χ0n) is 10.4. The Kier molecular flexibility index (Phi) is 5.86. The van der Waals surface area contributed by atoms with E-state index >= 15 is 0 Å². The Labute approximate surface area is 102 Å². The SMILES string of the molecule is CCCC/C=C/NC(=O)c1ccccc1OC. The Morgan fingerprint density at radius 2 is 2.18 bits per heavy atom. The van der Waals surface area contributed by atoms with Crippen LogP contribution in [0.15, 0.2) is 36.5 Å².